The fraction of sp³-hybridized carbons (Fsp3) is 0.333. The number of carbonyl (C=O) groups excluding carboxylic acids is 3. The molecule has 0 aliphatic carbocycles. The number of benzene rings is 2. The van der Waals surface area contributed by atoms with Crippen LogP contribution < -0.4 is 10.5 Å². The lowest BCUT2D eigenvalue weighted by atomic mass is 10.1. The number of rotatable bonds is 8. The average Bonchev–Trinajstić information content (AvgIpc) is 3.64. The smallest absolute Gasteiger partial charge is 0.365 e. The summed E-state index contributed by atoms with van der Waals surface area (Å²) in [6.45, 7) is 3.35. The first-order valence-electron chi connectivity index (χ1n) is 12.5. The van der Waals surface area contributed by atoms with Gasteiger partial charge in [-0.15, -0.1) is 10.2 Å². The van der Waals surface area contributed by atoms with Gasteiger partial charge >= 0.3 is 5.97 Å². The highest BCUT2D eigenvalue weighted by atomic mass is 32.1. The van der Waals surface area contributed by atoms with Gasteiger partial charge in [0.25, 0.3) is 0 Å². The maximum absolute atomic E-state index is 12.8. The fourth-order valence-electron chi connectivity index (χ4n) is 4.47. The molecule has 11 nitrogen and oxygen atoms in total. The van der Waals surface area contributed by atoms with Crippen molar-refractivity contribution in [3.05, 3.63) is 58.6 Å². The van der Waals surface area contributed by atoms with E-state index in [0.29, 0.717) is 37.6 Å². The molecule has 0 spiro atoms. The summed E-state index contributed by atoms with van der Waals surface area (Å²) in [6.07, 6.45) is 1.56. The number of aromatic nitrogens is 2. The van der Waals surface area contributed by atoms with Gasteiger partial charge in [0.2, 0.25) is 11.8 Å². The van der Waals surface area contributed by atoms with E-state index in [1.807, 2.05) is 31.2 Å². The highest BCUT2D eigenvalue weighted by Crippen LogP contribution is 2.31. The van der Waals surface area contributed by atoms with E-state index in [1.54, 1.807) is 35.0 Å². The molecule has 39 heavy (non-hydrogen) atoms. The molecule has 5 rings (SSSR count). The molecule has 2 amide bonds. The van der Waals surface area contributed by atoms with Crippen LogP contribution in [0, 0.1) is 12.8 Å². The summed E-state index contributed by atoms with van der Waals surface area (Å²) in [5.41, 5.74) is 7.84. The van der Waals surface area contributed by atoms with Crippen LogP contribution in [0.1, 0.15) is 40.2 Å². The van der Waals surface area contributed by atoms with Crippen LogP contribution in [0.3, 0.4) is 0 Å². The van der Waals surface area contributed by atoms with E-state index in [-0.39, 0.29) is 35.6 Å². The van der Waals surface area contributed by atoms with Crippen molar-refractivity contribution >= 4 is 35.0 Å². The van der Waals surface area contributed by atoms with E-state index < -0.39 is 5.97 Å². The monoisotopic (exact) mass is 548 g/mol. The molecule has 1 atom stereocenters. The van der Waals surface area contributed by atoms with Gasteiger partial charge < -0.3 is 25.1 Å². The van der Waals surface area contributed by atoms with Gasteiger partial charge in [-0.2, -0.15) is 0 Å². The van der Waals surface area contributed by atoms with Crippen LogP contribution in [0.2, 0.25) is 0 Å². The van der Waals surface area contributed by atoms with E-state index in [1.165, 1.54) is 11.3 Å². The third kappa shape index (κ3) is 6.06. The van der Waals surface area contributed by atoms with Gasteiger partial charge in [0.1, 0.15) is 27.3 Å². The summed E-state index contributed by atoms with van der Waals surface area (Å²) in [5, 5.41) is 13.7. The topological polar surface area (TPSA) is 140 Å². The van der Waals surface area contributed by atoms with E-state index in [9.17, 15) is 14.4 Å². The van der Waals surface area contributed by atoms with E-state index in [0.717, 1.165) is 27.6 Å². The van der Waals surface area contributed by atoms with Crippen molar-refractivity contribution in [3.8, 4) is 22.1 Å². The number of aryl methyl sites for hydroxylation is 1. The Labute approximate surface area is 229 Å². The predicted octanol–water partition coefficient (Wildman–Crippen LogP) is 3.34. The molecule has 2 fully saturated rings. The zero-order valence-electron chi connectivity index (χ0n) is 21.6. The summed E-state index contributed by atoms with van der Waals surface area (Å²) in [5.74, 6) is 0.0903. The molecule has 3 aromatic rings. The van der Waals surface area contributed by atoms with Crippen LogP contribution in [0.4, 0.5) is 0 Å². The number of amidine groups is 1. The lowest BCUT2D eigenvalue weighted by Crippen LogP contribution is -2.27. The van der Waals surface area contributed by atoms with Crippen molar-refractivity contribution in [2.24, 2.45) is 16.8 Å². The number of oxime groups is 1. The second kappa shape index (κ2) is 11.2. The van der Waals surface area contributed by atoms with Crippen LogP contribution in [-0.4, -0.2) is 63.8 Å². The van der Waals surface area contributed by atoms with Crippen molar-refractivity contribution in [3.63, 3.8) is 0 Å². The van der Waals surface area contributed by atoms with Crippen LogP contribution in [0.25, 0.3) is 10.6 Å². The maximum atomic E-state index is 12.8. The zero-order valence-corrected chi connectivity index (χ0v) is 22.4. The van der Waals surface area contributed by atoms with E-state index in [2.05, 4.69) is 15.4 Å². The van der Waals surface area contributed by atoms with Crippen molar-refractivity contribution in [1.82, 2.24) is 20.0 Å². The Balaban J connectivity index is 1.35. The molecule has 1 aromatic heterocycles. The average molecular weight is 549 g/mol. The molecule has 2 aromatic carbocycles. The first-order valence-corrected chi connectivity index (χ1v) is 13.4. The first kappa shape index (κ1) is 26.3. The first-order chi connectivity index (χ1) is 18.8. The molecule has 202 valence electrons. The highest BCUT2D eigenvalue weighted by molar-refractivity contribution is 7.14. The molecule has 0 radical (unpaired) electrons. The van der Waals surface area contributed by atoms with E-state index in [4.69, 9.17) is 15.3 Å². The highest BCUT2D eigenvalue weighted by Gasteiger charge is 2.30. The van der Waals surface area contributed by atoms with Crippen LogP contribution in [0.15, 0.2) is 47.6 Å². The number of carbonyl (C=O) groups is 3. The van der Waals surface area contributed by atoms with Crippen LogP contribution >= 0.6 is 11.3 Å². The Bertz CT molecular complexity index is 1440. The third-order valence-electron chi connectivity index (χ3n) is 6.68. The Morgan fingerprint density at radius 3 is 2.59 bits per heavy atom. The van der Waals surface area contributed by atoms with Crippen molar-refractivity contribution in [1.29, 1.82) is 0 Å². The Morgan fingerprint density at radius 2 is 1.95 bits per heavy atom. The predicted molar refractivity (Wildman–Crippen MR) is 144 cm³/mol. The Kier molecular flexibility index (Phi) is 7.55. The molecule has 2 aliphatic heterocycles. The molecule has 12 heteroatoms. The molecular formula is C27H28N6O5S. The van der Waals surface area contributed by atoms with Crippen LogP contribution in [-0.2, 0) is 21.0 Å². The minimum atomic E-state index is -0.716. The van der Waals surface area contributed by atoms with Gasteiger partial charge in [-0.1, -0.05) is 22.6 Å². The normalized spacial score (nSPS) is 17.7. The summed E-state index contributed by atoms with van der Waals surface area (Å²) >= 11 is 1.50. The summed E-state index contributed by atoms with van der Waals surface area (Å²) in [7, 11) is 1.69. The maximum Gasteiger partial charge on any atom is 0.365 e. The molecule has 1 unspecified atom stereocenters. The molecule has 2 aliphatic rings. The Morgan fingerprint density at radius 1 is 1.15 bits per heavy atom. The number of hydrogen-bond donors (Lipinski definition) is 1. The van der Waals surface area contributed by atoms with Gasteiger partial charge in [0.15, 0.2) is 0 Å². The van der Waals surface area contributed by atoms with Gasteiger partial charge in [-0.3, -0.25) is 9.59 Å². The van der Waals surface area contributed by atoms with Gasteiger partial charge in [0, 0.05) is 56.6 Å². The quantitative estimate of drug-likeness (QED) is 0.196. The summed E-state index contributed by atoms with van der Waals surface area (Å²) < 4.78 is 6.19. The second-order valence-electron chi connectivity index (χ2n) is 9.56. The number of likely N-dealkylation sites (tertiary alicyclic amines) is 2. The second-order valence-corrected chi connectivity index (χ2v) is 10.7. The number of nitrogens with two attached hydrogens (primary N) is 1. The lowest BCUT2D eigenvalue weighted by Gasteiger charge is -2.19. The van der Waals surface area contributed by atoms with E-state index >= 15 is 0 Å². The van der Waals surface area contributed by atoms with Crippen LogP contribution in [0.5, 0.6) is 11.5 Å². The number of ether oxygens (including phenoxy) is 1. The Hall–Kier alpha value is -4.32. The molecule has 2 saturated heterocycles. The summed E-state index contributed by atoms with van der Waals surface area (Å²) in [6, 6.07) is 12.3. The molecule has 2 N–H and O–H groups in total. The van der Waals surface area contributed by atoms with Crippen molar-refractivity contribution in [2.75, 3.05) is 20.1 Å². The lowest BCUT2D eigenvalue weighted by molar-refractivity contribution is -0.128. The molecule has 0 bridgehead atoms. The number of nitrogens with zero attached hydrogens (tertiary/aromatic N) is 5. The molecule has 3 heterocycles. The molecule has 0 saturated carbocycles. The van der Waals surface area contributed by atoms with Gasteiger partial charge in [-0.25, -0.2) is 4.79 Å². The fourth-order valence-corrected chi connectivity index (χ4v) is 5.17. The summed E-state index contributed by atoms with van der Waals surface area (Å²) in [4.78, 5) is 45.3. The third-order valence-corrected chi connectivity index (χ3v) is 7.57. The van der Waals surface area contributed by atoms with Crippen molar-refractivity contribution in [2.45, 2.75) is 32.7 Å². The van der Waals surface area contributed by atoms with Crippen molar-refractivity contribution < 1.29 is 24.0 Å². The SMILES string of the molecule is Cc1nnc(-c2ccc(Oc3cc(C(=O)O/N=C(\N)C4CC(=O)N(C)C4)ccc3CN3CCCC3=O)cc2)s1. The van der Waals surface area contributed by atoms with Gasteiger partial charge in [-0.05, 0) is 49.7 Å². The zero-order chi connectivity index (χ0) is 27.5. The number of amides is 2. The number of hydrogen-bond acceptors (Lipinski definition) is 9. The molecular weight excluding hydrogens is 520 g/mol. The largest absolute Gasteiger partial charge is 0.457 e. The minimum absolute atomic E-state index is 0.0372. The standard InChI is InChI=1S/C27H28N6O5S/c1-16-29-30-26(39-16)17-7-9-21(10-8-17)37-22-12-18(5-6-19(22)15-33-11-3-4-23(33)34)27(36)38-31-25(28)20-13-24(35)32(2)14-20/h5-10,12,20H,3-4,11,13-15H2,1-2H3,(H2,28,31). The minimum Gasteiger partial charge on any atom is -0.457 e. The van der Waals surface area contributed by atoms with Gasteiger partial charge in [0.05, 0.1) is 5.56 Å².